The van der Waals surface area contributed by atoms with Gasteiger partial charge in [-0.1, -0.05) is 12.1 Å². The highest BCUT2D eigenvalue weighted by atomic mass is 32.1. The van der Waals surface area contributed by atoms with Gasteiger partial charge in [0.1, 0.15) is 11.8 Å². The van der Waals surface area contributed by atoms with Gasteiger partial charge in [-0.2, -0.15) is 0 Å². The number of phenols is 1. The highest BCUT2D eigenvalue weighted by Gasteiger charge is 2.35. The third-order valence-corrected chi connectivity index (χ3v) is 4.88. The molecule has 7 heteroatoms. The molecule has 1 aliphatic rings. The van der Waals surface area contributed by atoms with Crippen LogP contribution in [0.4, 0.5) is 0 Å². The number of thiazole rings is 1. The summed E-state index contributed by atoms with van der Waals surface area (Å²) in [5, 5.41) is 15.6. The smallest absolute Gasteiger partial charge is 0.258 e. The molecule has 1 aliphatic heterocycles. The number of likely N-dealkylation sites (tertiary alicyclic amines) is 1. The van der Waals surface area contributed by atoms with E-state index in [4.69, 9.17) is 0 Å². The zero-order valence-electron chi connectivity index (χ0n) is 13.4. The van der Waals surface area contributed by atoms with Crippen LogP contribution in [0.15, 0.2) is 29.6 Å². The van der Waals surface area contributed by atoms with Gasteiger partial charge in [-0.3, -0.25) is 9.59 Å². The van der Waals surface area contributed by atoms with Crippen molar-refractivity contribution in [1.29, 1.82) is 0 Å². The van der Waals surface area contributed by atoms with E-state index in [0.717, 1.165) is 17.1 Å². The summed E-state index contributed by atoms with van der Waals surface area (Å²) in [4.78, 5) is 31.0. The van der Waals surface area contributed by atoms with Gasteiger partial charge in [0.2, 0.25) is 5.91 Å². The monoisotopic (exact) mass is 345 g/mol. The van der Waals surface area contributed by atoms with Gasteiger partial charge in [0.15, 0.2) is 0 Å². The summed E-state index contributed by atoms with van der Waals surface area (Å²) in [6.07, 6.45) is 1.40. The fourth-order valence-corrected chi connectivity index (χ4v) is 3.49. The van der Waals surface area contributed by atoms with Crippen LogP contribution in [0.1, 0.15) is 33.9 Å². The van der Waals surface area contributed by atoms with Gasteiger partial charge in [0.25, 0.3) is 5.91 Å². The van der Waals surface area contributed by atoms with Crippen LogP contribution in [-0.2, 0) is 11.3 Å². The number of carbonyl (C=O) groups excluding carboxylic acids is 2. The Morgan fingerprint density at radius 3 is 2.92 bits per heavy atom. The predicted octanol–water partition coefficient (Wildman–Crippen LogP) is 2.08. The second-order valence-electron chi connectivity index (χ2n) is 5.75. The minimum atomic E-state index is -0.503. The number of hydrogen-bond donors (Lipinski definition) is 2. The van der Waals surface area contributed by atoms with Crippen LogP contribution in [0.2, 0.25) is 0 Å². The van der Waals surface area contributed by atoms with Gasteiger partial charge in [0, 0.05) is 11.9 Å². The third kappa shape index (κ3) is 3.41. The molecule has 1 aromatic carbocycles. The molecule has 0 aliphatic carbocycles. The Balaban J connectivity index is 1.67. The lowest BCUT2D eigenvalue weighted by Crippen LogP contribution is -2.45. The number of hydrogen-bond acceptors (Lipinski definition) is 5. The van der Waals surface area contributed by atoms with Crippen LogP contribution in [0.3, 0.4) is 0 Å². The second-order valence-corrected chi connectivity index (χ2v) is 6.81. The van der Waals surface area contributed by atoms with E-state index >= 15 is 0 Å². The summed E-state index contributed by atoms with van der Waals surface area (Å²) >= 11 is 1.54. The van der Waals surface area contributed by atoms with Gasteiger partial charge in [-0.15, -0.1) is 11.3 Å². The zero-order chi connectivity index (χ0) is 17.1. The summed E-state index contributed by atoms with van der Waals surface area (Å²) in [5.41, 5.74) is 1.05. The third-order valence-electron chi connectivity index (χ3n) is 4.06. The fourth-order valence-electron chi connectivity index (χ4n) is 2.88. The molecule has 0 unspecified atom stereocenters. The van der Waals surface area contributed by atoms with Crippen molar-refractivity contribution in [2.75, 3.05) is 6.54 Å². The van der Waals surface area contributed by atoms with E-state index in [-0.39, 0.29) is 23.1 Å². The standard InChI is InChI=1S/C17H19N3O3S/c1-11-19-12(10-24-11)9-18-16(22)14-6-4-8-20(14)17(23)13-5-2-3-7-15(13)21/h2-3,5,7,10,14,21H,4,6,8-9H2,1H3,(H,18,22)/t14-/m0/s1. The average molecular weight is 345 g/mol. The van der Waals surface area contributed by atoms with Crippen molar-refractivity contribution in [3.8, 4) is 5.75 Å². The van der Waals surface area contributed by atoms with E-state index in [9.17, 15) is 14.7 Å². The van der Waals surface area contributed by atoms with Crippen LogP contribution in [0.5, 0.6) is 5.75 Å². The number of para-hydroxylation sites is 1. The first-order chi connectivity index (χ1) is 11.6. The normalized spacial score (nSPS) is 17.0. The number of nitrogens with zero attached hydrogens (tertiary/aromatic N) is 2. The van der Waals surface area contributed by atoms with Gasteiger partial charge >= 0.3 is 0 Å². The molecular formula is C17H19N3O3S. The molecule has 0 saturated carbocycles. The summed E-state index contributed by atoms with van der Waals surface area (Å²) in [6.45, 7) is 2.79. The maximum Gasteiger partial charge on any atom is 0.258 e. The largest absolute Gasteiger partial charge is 0.507 e. The van der Waals surface area contributed by atoms with Gasteiger partial charge in [-0.25, -0.2) is 4.98 Å². The first-order valence-corrected chi connectivity index (χ1v) is 8.72. The van der Waals surface area contributed by atoms with E-state index in [1.165, 1.54) is 22.3 Å². The van der Waals surface area contributed by atoms with Gasteiger partial charge in [-0.05, 0) is 31.9 Å². The molecule has 6 nitrogen and oxygen atoms in total. The second kappa shape index (κ2) is 7.00. The lowest BCUT2D eigenvalue weighted by atomic mass is 10.1. The molecule has 24 heavy (non-hydrogen) atoms. The molecule has 1 atom stereocenters. The molecular weight excluding hydrogens is 326 g/mol. The first kappa shape index (κ1) is 16.4. The summed E-state index contributed by atoms with van der Waals surface area (Å²) in [6, 6.07) is 5.90. The highest BCUT2D eigenvalue weighted by Crippen LogP contribution is 2.24. The summed E-state index contributed by atoms with van der Waals surface area (Å²) < 4.78 is 0. The Kier molecular flexibility index (Phi) is 4.80. The van der Waals surface area contributed by atoms with Crippen molar-refractivity contribution in [2.24, 2.45) is 0 Å². The van der Waals surface area contributed by atoms with Crippen molar-refractivity contribution < 1.29 is 14.7 Å². The van der Waals surface area contributed by atoms with Crippen LogP contribution < -0.4 is 5.32 Å². The maximum atomic E-state index is 12.6. The van der Waals surface area contributed by atoms with Gasteiger partial charge in [0.05, 0.1) is 22.8 Å². The number of carbonyl (C=O) groups is 2. The lowest BCUT2D eigenvalue weighted by molar-refractivity contribution is -0.125. The number of benzene rings is 1. The number of phenolic OH excluding ortho intramolecular Hbond substituents is 1. The Labute approximate surface area is 144 Å². The lowest BCUT2D eigenvalue weighted by Gasteiger charge is -2.24. The minimum Gasteiger partial charge on any atom is -0.507 e. The molecule has 2 aromatic rings. The molecule has 3 rings (SSSR count). The van der Waals surface area contributed by atoms with Crippen LogP contribution in [0, 0.1) is 6.92 Å². The molecule has 0 spiro atoms. The number of nitrogens with one attached hydrogen (secondary N) is 1. The van der Waals surface area contributed by atoms with Crippen LogP contribution >= 0.6 is 11.3 Å². The molecule has 0 radical (unpaired) electrons. The first-order valence-electron chi connectivity index (χ1n) is 7.84. The quantitative estimate of drug-likeness (QED) is 0.889. The number of amides is 2. The van der Waals surface area contributed by atoms with Crippen LogP contribution in [-0.4, -0.2) is 39.4 Å². The zero-order valence-corrected chi connectivity index (χ0v) is 14.2. The van der Waals surface area contributed by atoms with Crippen molar-refractivity contribution in [3.05, 3.63) is 45.9 Å². The van der Waals surface area contributed by atoms with E-state index in [2.05, 4.69) is 10.3 Å². The molecule has 1 fully saturated rings. The topological polar surface area (TPSA) is 82.5 Å². The molecule has 0 bridgehead atoms. The summed E-state index contributed by atoms with van der Waals surface area (Å²) in [5.74, 6) is -0.552. The molecule has 126 valence electrons. The number of aromatic nitrogens is 1. The Morgan fingerprint density at radius 2 is 2.21 bits per heavy atom. The van der Waals surface area contributed by atoms with Crippen molar-refractivity contribution in [1.82, 2.24) is 15.2 Å². The molecule has 2 amide bonds. The SMILES string of the molecule is Cc1nc(CNC(=O)[C@@H]2CCCN2C(=O)c2ccccc2O)cs1. The van der Waals surface area contributed by atoms with Crippen molar-refractivity contribution in [2.45, 2.75) is 32.4 Å². The highest BCUT2D eigenvalue weighted by molar-refractivity contribution is 7.09. The minimum absolute atomic E-state index is 0.0634. The summed E-state index contributed by atoms with van der Waals surface area (Å²) in [7, 11) is 0. The molecule has 1 aromatic heterocycles. The Morgan fingerprint density at radius 1 is 1.42 bits per heavy atom. The molecule has 1 saturated heterocycles. The van der Waals surface area contributed by atoms with Gasteiger partial charge < -0.3 is 15.3 Å². The van der Waals surface area contributed by atoms with Crippen molar-refractivity contribution >= 4 is 23.2 Å². The maximum absolute atomic E-state index is 12.6. The number of aryl methyl sites for hydroxylation is 1. The van der Waals surface area contributed by atoms with Crippen molar-refractivity contribution in [3.63, 3.8) is 0 Å². The van der Waals surface area contributed by atoms with E-state index < -0.39 is 6.04 Å². The number of rotatable bonds is 4. The molecule has 2 N–H and O–H groups in total. The van der Waals surface area contributed by atoms with Crippen LogP contribution in [0.25, 0.3) is 0 Å². The van der Waals surface area contributed by atoms with E-state index in [1.807, 2.05) is 12.3 Å². The molecule has 2 heterocycles. The average Bonchev–Trinajstić information content (AvgIpc) is 3.21. The van der Waals surface area contributed by atoms with E-state index in [1.54, 1.807) is 18.2 Å². The Bertz CT molecular complexity index is 759. The van der Waals surface area contributed by atoms with E-state index in [0.29, 0.717) is 19.5 Å². The Hall–Kier alpha value is -2.41. The predicted molar refractivity (Wildman–Crippen MR) is 90.9 cm³/mol. The fraction of sp³-hybridized carbons (Fsp3) is 0.353. The number of aromatic hydroxyl groups is 1.